The van der Waals surface area contributed by atoms with Gasteiger partial charge >= 0.3 is 18.4 Å². The summed E-state index contributed by atoms with van der Waals surface area (Å²) in [6.07, 6.45) is -10.7. The van der Waals surface area contributed by atoms with E-state index in [1.165, 1.54) is 16.8 Å². The van der Waals surface area contributed by atoms with Gasteiger partial charge in [-0.25, -0.2) is 14.2 Å². The molecular formula is C25H26F7N7O2. The largest absolute Gasteiger partial charge is 0.446 e. The number of ether oxygens (including phenoxy) is 1. The fourth-order valence-electron chi connectivity index (χ4n) is 4.69. The molecule has 2 atom stereocenters. The lowest BCUT2D eigenvalue weighted by Crippen LogP contribution is -2.49. The number of aromatic nitrogens is 5. The van der Waals surface area contributed by atoms with Crippen LogP contribution >= 0.6 is 0 Å². The number of fused-ring (bicyclic) bond motifs is 1. The van der Waals surface area contributed by atoms with Gasteiger partial charge in [-0.2, -0.15) is 31.1 Å². The SMILES string of the molecule is CC[C@@H]1C[C@H](N(Cc2cc(F)cc(C(F)(F)F)c2)c2nnn(C)n2)c2nc(C(F)(F)F)ccc2N1C(=O)OC(C)C. The summed E-state index contributed by atoms with van der Waals surface area (Å²) in [5.41, 5.74) is -2.81. The van der Waals surface area contributed by atoms with Crippen LogP contribution in [0.5, 0.6) is 0 Å². The van der Waals surface area contributed by atoms with E-state index in [0.29, 0.717) is 12.5 Å². The second kappa shape index (κ2) is 11.1. The highest BCUT2D eigenvalue weighted by Gasteiger charge is 2.43. The summed E-state index contributed by atoms with van der Waals surface area (Å²) in [6, 6.07) is 2.10. The van der Waals surface area contributed by atoms with Crippen LogP contribution in [0, 0.1) is 5.82 Å². The molecule has 0 bridgehead atoms. The second-order valence-corrected chi connectivity index (χ2v) is 9.77. The summed E-state index contributed by atoms with van der Waals surface area (Å²) >= 11 is 0. The van der Waals surface area contributed by atoms with E-state index in [4.69, 9.17) is 4.74 Å². The van der Waals surface area contributed by atoms with Gasteiger partial charge in [-0.15, -0.1) is 5.10 Å². The highest BCUT2D eigenvalue weighted by Crippen LogP contribution is 2.44. The Kier molecular flexibility index (Phi) is 8.14. The molecule has 4 rings (SSSR count). The first-order chi connectivity index (χ1) is 19.1. The van der Waals surface area contributed by atoms with Crippen LogP contribution in [-0.2, 0) is 30.7 Å². The van der Waals surface area contributed by atoms with Gasteiger partial charge in [-0.3, -0.25) is 4.90 Å². The lowest BCUT2D eigenvalue weighted by molar-refractivity contribution is -0.141. The van der Waals surface area contributed by atoms with Gasteiger partial charge in [0.1, 0.15) is 11.5 Å². The van der Waals surface area contributed by atoms with Gasteiger partial charge < -0.3 is 9.64 Å². The maximum Gasteiger partial charge on any atom is 0.433 e. The third kappa shape index (κ3) is 6.51. The number of pyridine rings is 1. The smallest absolute Gasteiger partial charge is 0.433 e. The molecule has 41 heavy (non-hydrogen) atoms. The number of hydrogen-bond donors (Lipinski definition) is 0. The zero-order chi connectivity index (χ0) is 30.3. The molecular weight excluding hydrogens is 563 g/mol. The van der Waals surface area contributed by atoms with Gasteiger partial charge in [0.05, 0.1) is 36.1 Å². The molecule has 1 aliphatic rings. The first-order valence-electron chi connectivity index (χ1n) is 12.5. The number of tetrazole rings is 1. The lowest BCUT2D eigenvalue weighted by atomic mass is 9.91. The number of rotatable bonds is 6. The summed E-state index contributed by atoms with van der Waals surface area (Å²) in [4.78, 5) is 20.5. The molecule has 222 valence electrons. The molecule has 0 aliphatic carbocycles. The average Bonchev–Trinajstić information content (AvgIpc) is 3.30. The number of benzene rings is 1. The van der Waals surface area contributed by atoms with Crippen molar-refractivity contribution in [2.45, 2.75) is 70.7 Å². The molecule has 3 aromatic rings. The van der Waals surface area contributed by atoms with Crippen LogP contribution < -0.4 is 9.80 Å². The van der Waals surface area contributed by atoms with E-state index in [0.717, 1.165) is 29.1 Å². The molecule has 1 amide bonds. The number of halogens is 7. The molecule has 0 radical (unpaired) electrons. The Labute approximate surface area is 229 Å². The van der Waals surface area contributed by atoms with Gasteiger partial charge in [-0.1, -0.05) is 12.0 Å². The predicted octanol–water partition coefficient (Wildman–Crippen LogP) is 6.06. The molecule has 0 saturated heterocycles. The minimum Gasteiger partial charge on any atom is -0.446 e. The molecule has 1 aromatic carbocycles. The molecule has 0 N–H and O–H groups in total. The minimum absolute atomic E-state index is 0.0231. The van der Waals surface area contributed by atoms with Crippen LogP contribution in [-0.4, -0.2) is 43.4 Å². The van der Waals surface area contributed by atoms with E-state index in [1.807, 2.05) is 0 Å². The van der Waals surface area contributed by atoms with Crippen LogP contribution in [0.2, 0.25) is 0 Å². The van der Waals surface area contributed by atoms with Crippen molar-refractivity contribution in [3.05, 3.63) is 58.7 Å². The fourth-order valence-corrected chi connectivity index (χ4v) is 4.69. The van der Waals surface area contributed by atoms with Crippen molar-refractivity contribution in [1.82, 2.24) is 25.2 Å². The van der Waals surface area contributed by atoms with Crippen LogP contribution in [0.3, 0.4) is 0 Å². The van der Waals surface area contributed by atoms with Gasteiger partial charge in [0.15, 0.2) is 0 Å². The van der Waals surface area contributed by atoms with E-state index < -0.39 is 60.3 Å². The van der Waals surface area contributed by atoms with Crippen molar-refractivity contribution < 1.29 is 40.3 Å². The molecule has 1 aliphatic heterocycles. The second-order valence-electron chi connectivity index (χ2n) is 9.77. The molecule has 0 saturated carbocycles. The highest BCUT2D eigenvalue weighted by atomic mass is 19.4. The van der Waals surface area contributed by atoms with Crippen LogP contribution in [0.4, 0.5) is 47.2 Å². The topological polar surface area (TPSA) is 89.3 Å². The molecule has 0 unspecified atom stereocenters. The maximum absolute atomic E-state index is 14.3. The van der Waals surface area contributed by atoms with E-state index in [-0.39, 0.29) is 29.3 Å². The van der Waals surface area contributed by atoms with Crippen molar-refractivity contribution >= 4 is 17.7 Å². The third-order valence-electron chi connectivity index (χ3n) is 6.40. The van der Waals surface area contributed by atoms with Crippen molar-refractivity contribution in [3.8, 4) is 0 Å². The Bertz CT molecular complexity index is 1410. The number of nitrogens with zero attached hydrogens (tertiary/aromatic N) is 7. The van der Waals surface area contributed by atoms with Gasteiger partial charge in [0.25, 0.3) is 5.95 Å². The fraction of sp³-hybridized carbons (Fsp3) is 0.480. The molecule has 2 aromatic heterocycles. The number of amides is 1. The van der Waals surface area contributed by atoms with E-state index >= 15 is 0 Å². The molecule has 16 heteroatoms. The molecule has 9 nitrogen and oxygen atoms in total. The predicted molar refractivity (Wildman–Crippen MR) is 131 cm³/mol. The first-order valence-corrected chi connectivity index (χ1v) is 12.5. The summed E-state index contributed by atoms with van der Waals surface area (Å²) in [5.74, 6) is -1.30. The Morgan fingerprint density at radius 3 is 2.39 bits per heavy atom. The monoisotopic (exact) mass is 589 g/mol. The zero-order valence-corrected chi connectivity index (χ0v) is 22.3. The number of alkyl halides is 6. The Hall–Kier alpha value is -3.98. The number of hydrogen-bond acceptors (Lipinski definition) is 7. The average molecular weight is 590 g/mol. The van der Waals surface area contributed by atoms with E-state index in [9.17, 15) is 35.5 Å². The van der Waals surface area contributed by atoms with Crippen molar-refractivity contribution in [2.75, 3.05) is 9.80 Å². The lowest BCUT2D eigenvalue weighted by Gasteiger charge is -2.43. The summed E-state index contributed by atoms with van der Waals surface area (Å²) in [6.45, 7) is 4.55. The Balaban J connectivity index is 1.90. The minimum atomic E-state index is -4.85. The number of carbonyl (C=O) groups is 1. The third-order valence-corrected chi connectivity index (χ3v) is 6.40. The Morgan fingerprint density at radius 1 is 1.12 bits per heavy atom. The van der Waals surface area contributed by atoms with Crippen molar-refractivity contribution in [2.24, 2.45) is 7.05 Å². The Morgan fingerprint density at radius 2 is 1.83 bits per heavy atom. The molecule has 0 spiro atoms. The first kappa shape index (κ1) is 30.0. The normalized spacial score (nSPS) is 17.5. The van der Waals surface area contributed by atoms with E-state index in [2.05, 4.69) is 20.4 Å². The van der Waals surface area contributed by atoms with Crippen molar-refractivity contribution in [3.63, 3.8) is 0 Å². The number of anilines is 2. The number of carbonyl (C=O) groups excluding carboxylic acids is 1. The summed E-state index contributed by atoms with van der Waals surface area (Å²) in [7, 11) is 1.42. The van der Waals surface area contributed by atoms with Gasteiger partial charge in [-0.05, 0) is 67.8 Å². The standard InChI is InChI=1S/C25H26F7N7O2/c1-5-17-11-19(21-18(39(17)23(40)41-13(2)3)6-7-20(33-21)25(30,31)32)38(22-34-36-37(4)35-22)12-14-8-15(24(27,28)29)10-16(26)9-14/h6-10,13,17,19H,5,11-12H2,1-4H3/t17-,19+/m1/s1. The zero-order valence-electron chi connectivity index (χ0n) is 22.3. The summed E-state index contributed by atoms with van der Waals surface area (Å²) < 4.78 is 101. The van der Waals surface area contributed by atoms with Crippen LogP contribution in [0.1, 0.15) is 62.2 Å². The van der Waals surface area contributed by atoms with Crippen LogP contribution in [0.15, 0.2) is 30.3 Å². The summed E-state index contributed by atoms with van der Waals surface area (Å²) in [5, 5.41) is 11.8. The van der Waals surface area contributed by atoms with Gasteiger partial charge in [0, 0.05) is 12.6 Å². The van der Waals surface area contributed by atoms with E-state index in [1.54, 1.807) is 20.8 Å². The van der Waals surface area contributed by atoms with Gasteiger partial charge in [0.2, 0.25) is 0 Å². The molecule has 0 fully saturated rings. The molecule has 3 heterocycles. The van der Waals surface area contributed by atoms with Crippen molar-refractivity contribution in [1.29, 1.82) is 0 Å². The van der Waals surface area contributed by atoms with Crippen LogP contribution in [0.25, 0.3) is 0 Å². The quantitative estimate of drug-likeness (QED) is 0.323. The highest BCUT2D eigenvalue weighted by molar-refractivity contribution is 5.90. The maximum atomic E-state index is 14.3. The number of aryl methyl sites for hydroxylation is 1.